The molecular weight excluding hydrogens is 392 g/mol. The average molecular weight is 411 g/mol. The summed E-state index contributed by atoms with van der Waals surface area (Å²) in [7, 11) is -2.47. The molecule has 2 rings (SSSR count). The maximum Gasteiger partial charge on any atom is 0.339 e. The number of rotatable bonds is 7. The summed E-state index contributed by atoms with van der Waals surface area (Å²) in [6, 6.07) is 12.2. The molecule has 0 fully saturated rings. The number of esters is 1. The molecule has 7 nitrogen and oxygen atoms in total. The van der Waals surface area contributed by atoms with Gasteiger partial charge in [0.25, 0.3) is 0 Å². The highest BCUT2D eigenvalue weighted by molar-refractivity contribution is 7.89. The van der Waals surface area contributed by atoms with Crippen molar-refractivity contribution in [2.24, 2.45) is 0 Å². The van der Waals surface area contributed by atoms with Gasteiger partial charge in [-0.05, 0) is 37.3 Å². The number of halogens is 1. The number of amides is 1. The minimum Gasteiger partial charge on any atom is -0.462 e. The molecule has 0 spiro atoms. The summed E-state index contributed by atoms with van der Waals surface area (Å²) in [5.41, 5.74) is 0.416. The Labute approximate surface area is 162 Å². The van der Waals surface area contributed by atoms with Crippen LogP contribution >= 0.6 is 11.6 Å². The lowest BCUT2D eigenvalue weighted by molar-refractivity contribution is -0.116. The van der Waals surface area contributed by atoms with Gasteiger partial charge in [0, 0.05) is 12.7 Å². The molecule has 0 atom stereocenters. The minimum absolute atomic E-state index is 0.0939. The quantitative estimate of drug-likeness (QED) is 0.708. The Balaban J connectivity index is 2.09. The van der Waals surface area contributed by atoms with E-state index in [1.165, 1.54) is 37.4 Å². The van der Waals surface area contributed by atoms with Gasteiger partial charge in [0.15, 0.2) is 0 Å². The third kappa shape index (κ3) is 5.29. The first-order valence-corrected chi connectivity index (χ1v) is 9.85. The van der Waals surface area contributed by atoms with Crippen molar-refractivity contribution in [1.82, 2.24) is 4.31 Å². The highest BCUT2D eigenvalue weighted by Gasteiger charge is 2.23. The van der Waals surface area contributed by atoms with E-state index in [4.69, 9.17) is 16.3 Å². The number of hydrogen-bond donors (Lipinski definition) is 1. The van der Waals surface area contributed by atoms with Crippen molar-refractivity contribution in [1.29, 1.82) is 0 Å². The van der Waals surface area contributed by atoms with Crippen molar-refractivity contribution in [2.45, 2.75) is 11.8 Å². The molecule has 0 unspecified atom stereocenters. The number of carbonyl (C=O) groups excluding carboxylic acids is 2. The molecule has 2 aromatic carbocycles. The van der Waals surface area contributed by atoms with Crippen LogP contribution in [0.1, 0.15) is 17.3 Å². The molecule has 0 bridgehead atoms. The van der Waals surface area contributed by atoms with Crippen LogP contribution in [-0.2, 0) is 19.6 Å². The summed E-state index contributed by atoms with van der Waals surface area (Å²) >= 11 is 5.97. The monoisotopic (exact) mass is 410 g/mol. The molecule has 0 aliphatic rings. The highest BCUT2D eigenvalue weighted by atomic mass is 35.5. The van der Waals surface area contributed by atoms with Crippen molar-refractivity contribution in [3.8, 4) is 0 Å². The second-order valence-corrected chi connectivity index (χ2v) is 7.99. The lowest BCUT2D eigenvalue weighted by Crippen LogP contribution is -2.35. The molecular formula is C18H19ClN2O5S. The van der Waals surface area contributed by atoms with Crippen LogP contribution in [0.25, 0.3) is 0 Å². The Bertz CT molecular complexity index is 932. The summed E-state index contributed by atoms with van der Waals surface area (Å²) in [4.78, 5) is 24.2. The summed E-state index contributed by atoms with van der Waals surface area (Å²) in [6.07, 6.45) is 0. The highest BCUT2D eigenvalue weighted by Crippen LogP contribution is 2.22. The predicted octanol–water partition coefficient (Wildman–Crippen LogP) is 2.78. The van der Waals surface area contributed by atoms with Gasteiger partial charge in [-0.15, -0.1) is 0 Å². The van der Waals surface area contributed by atoms with Gasteiger partial charge < -0.3 is 10.1 Å². The molecule has 1 N–H and O–H groups in total. The summed E-state index contributed by atoms with van der Waals surface area (Å²) in [6.45, 7) is 1.46. The number of carbonyl (C=O) groups is 2. The van der Waals surface area contributed by atoms with E-state index in [0.717, 1.165) is 4.31 Å². The molecule has 0 saturated heterocycles. The van der Waals surface area contributed by atoms with Crippen LogP contribution in [0.3, 0.4) is 0 Å². The van der Waals surface area contributed by atoms with Crippen molar-refractivity contribution >= 4 is 39.2 Å². The molecule has 0 aliphatic heterocycles. The minimum atomic E-state index is -3.78. The van der Waals surface area contributed by atoms with Crippen LogP contribution in [0, 0.1) is 0 Å². The average Bonchev–Trinajstić information content (AvgIpc) is 2.64. The molecule has 0 heterocycles. The van der Waals surface area contributed by atoms with E-state index in [0.29, 0.717) is 5.69 Å². The SMILES string of the molecule is CCOC(=O)c1cc(NC(=O)CN(C)S(=O)(=O)c2ccccc2)ccc1Cl. The summed E-state index contributed by atoms with van der Waals surface area (Å²) in [5.74, 6) is -1.17. The molecule has 0 radical (unpaired) electrons. The van der Waals surface area contributed by atoms with Crippen molar-refractivity contribution < 1.29 is 22.7 Å². The van der Waals surface area contributed by atoms with E-state index in [2.05, 4.69) is 5.32 Å². The van der Waals surface area contributed by atoms with E-state index in [1.807, 2.05) is 0 Å². The van der Waals surface area contributed by atoms with Crippen LogP contribution in [-0.4, -0.2) is 44.8 Å². The second-order valence-electron chi connectivity index (χ2n) is 5.54. The topological polar surface area (TPSA) is 92.8 Å². The number of nitrogens with one attached hydrogen (secondary N) is 1. The molecule has 0 saturated carbocycles. The molecule has 27 heavy (non-hydrogen) atoms. The molecule has 0 aromatic heterocycles. The second kappa shape index (κ2) is 8.98. The third-order valence-electron chi connectivity index (χ3n) is 3.56. The van der Waals surface area contributed by atoms with E-state index in [-0.39, 0.29) is 22.1 Å². The Morgan fingerprint density at radius 3 is 2.44 bits per heavy atom. The predicted molar refractivity (Wildman–Crippen MR) is 102 cm³/mol. The van der Waals surface area contributed by atoms with Gasteiger partial charge in [0.1, 0.15) is 0 Å². The lowest BCUT2D eigenvalue weighted by atomic mass is 10.2. The third-order valence-corrected chi connectivity index (χ3v) is 5.71. The van der Waals surface area contributed by atoms with Gasteiger partial charge in [-0.25, -0.2) is 13.2 Å². The van der Waals surface area contributed by atoms with Crippen LogP contribution in [0.15, 0.2) is 53.4 Å². The fourth-order valence-electron chi connectivity index (χ4n) is 2.23. The Hall–Kier alpha value is -2.42. The van der Waals surface area contributed by atoms with E-state index in [9.17, 15) is 18.0 Å². The number of benzene rings is 2. The zero-order valence-corrected chi connectivity index (χ0v) is 16.4. The normalized spacial score (nSPS) is 11.3. The van der Waals surface area contributed by atoms with Crippen LogP contribution in [0.4, 0.5) is 5.69 Å². The van der Waals surface area contributed by atoms with E-state index < -0.39 is 28.4 Å². The smallest absolute Gasteiger partial charge is 0.339 e. The Morgan fingerprint density at radius 2 is 1.81 bits per heavy atom. The molecule has 1 amide bonds. The number of sulfonamides is 1. The van der Waals surface area contributed by atoms with Gasteiger partial charge in [0.2, 0.25) is 15.9 Å². The van der Waals surface area contributed by atoms with Crippen molar-refractivity contribution in [3.05, 3.63) is 59.1 Å². The summed E-state index contributed by atoms with van der Waals surface area (Å²) in [5, 5.41) is 2.74. The maximum atomic E-state index is 12.4. The van der Waals surface area contributed by atoms with Crippen LogP contribution in [0.5, 0.6) is 0 Å². The maximum absolute atomic E-state index is 12.4. The van der Waals surface area contributed by atoms with Crippen LogP contribution in [0.2, 0.25) is 5.02 Å². The number of anilines is 1. The van der Waals surface area contributed by atoms with Crippen molar-refractivity contribution in [2.75, 3.05) is 25.5 Å². The first-order chi connectivity index (χ1) is 12.8. The number of hydrogen-bond acceptors (Lipinski definition) is 5. The van der Waals surface area contributed by atoms with Gasteiger partial charge in [0.05, 0.1) is 28.6 Å². The molecule has 2 aromatic rings. The first kappa shape index (κ1) is 20.9. The fourth-order valence-corrected chi connectivity index (χ4v) is 3.57. The van der Waals surface area contributed by atoms with E-state index >= 15 is 0 Å². The van der Waals surface area contributed by atoms with E-state index in [1.54, 1.807) is 25.1 Å². The zero-order valence-electron chi connectivity index (χ0n) is 14.8. The Morgan fingerprint density at radius 1 is 1.15 bits per heavy atom. The van der Waals surface area contributed by atoms with Gasteiger partial charge in [-0.1, -0.05) is 29.8 Å². The molecule has 144 valence electrons. The van der Waals surface area contributed by atoms with Gasteiger partial charge in [-0.2, -0.15) is 4.31 Å². The number of ether oxygens (including phenoxy) is 1. The van der Waals surface area contributed by atoms with Crippen LogP contribution < -0.4 is 5.32 Å². The number of nitrogens with zero attached hydrogens (tertiary/aromatic N) is 1. The molecule has 9 heteroatoms. The van der Waals surface area contributed by atoms with Crippen molar-refractivity contribution in [3.63, 3.8) is 0 Å². The van der Waals surface area contributed by atoms with Gasteiger partial charge in [-0.3, -0.25) is 4.79 Å². The lowest BCUT2D eigenvalue weighted by Gasteiger charge is -2.17. The standard InChI is InChI=1S/C18H19ClN2O5S/c1-3-26-18(23)15-11-13(9-10-16(15)19)20-17(22)12-21(2)27(24,25)14-7-5-4-6-8-14/h4-11H,3,12H2,1-2H3,(H,20,22). The largest absolute Gasteiger partial charge is 0.462 e. The molecule has 0 aliphatic carbocycles. The van der Waals surface area contributed by atoms with Gasteiger partial charge >= 0.3 is 5.97 Å². The number of likely N-dealkylation sites (N-methyl/N-ethyl adjacent to an activating group) is 1. The summed E-state index contributed by atoms with van der Waals surface area (Å²) < 4.78 is 30.7. The first-order valence-electron chi connectivity index (χ1n) is 8.03. The Kier molecular flexibility index (Phi) is 6.95. The zero-order chi connectivity index (χ0) is 20.0. The fraction of sp³-hybridized carbons (Fsp3) is 0.222.